The number of nitrogens with one attached hydrogen (secondary N) is 1. The molecule has 174 valence electrons. The van der Waals surface area contributed by atoms with E-state index in [0.29, 0.717) is 22.2 Å². The maximum atomic E-state index is 13.8. The lowest BCUT2D eigenvalue weighted by Gasteiger charge is -2.12. The molecule has 1 N–H and O–H groups in total. The molecule has 0 spiro atoms. The molecular formula is C25H17F2N5O3. The van der Waals surface area contributed by atoms with Gasteiger partial charge in [-0.25, -0.2) is 8.78 Å². The van der Waals surface area contributed by atoms with Crippen molar-refractivity contribution in [3.05, 3.63) is 100 Å². The van der Waals surface area contributed by atoms with Crippen molar-refractivity contribution in [1.29, 1.82) is 0 Å². The number of fused-ring (bicyclic) bond motifs is 1. The van der Waals surface area contributed by atoms with Crippen molar-refractivity contribution in [3.8, 4) is 23.0 Å². The Kier molecular flexibility index (Phi) is 5.84. The molecule has 2 aromatic carbocycles. The number of carbonyl (C=O) groups is 1. The second-order valence-electron chi connectivity index (χ2n) is 7.65. The number of benzene rings is 2. The third-order valence-corrected chi connectivity index (χ3v) is 5.36. The molecule has 0 radical (unpaired) electrons. The molecule has 0 fully saturated rings. The van der Waals surface area contributed by atoms with Gasteiger partial charge in [0.15, 0.2) is 0 Å². The smallest absolute Gasteiger partial charge is 0.259 e. The minimum absolute atomic E-state index is 0.132. The first kappa shape index (κ1) is 22.1. The number of aromatic nitrogens is 4. The standard InChI is InChI=1S/C25H17F2N5O3/c26-16-9-8-15(19(27)11-16)13-29-22(33)14-32-21-7-2-1-5-17(21)18(12-23(32)34)25-30-24(31-35-25)20-6-3-4-10-28-20/h1-12H,13-14H2,(H,29,33). The van der Waals surface area contributed by atoms with E-state index >= 15 is 0 Å². The van der Waals surface area contributed by atoms with Crippen LogP contribution in [0.3, 0.4) is 0 Å². The van der Waals surface area contributed by atoms with E-state index in [2.05, 4.69) is 20.4 Å². The monoisotopic (exact) mass is 473 g/mol. The van der Waals surface area contributed by atoms with Gasteiger partial charge >= 0.3 is 0 Å². The Morgan fingerprint density at radius 3 is 2.66 bits per heavy atom. The van der Waals surface area contributed by atoms with Crippen LogP contribution in [-0.4, -0.2) is 25.6 Å². The lowest BCUT2D eigenvalue weighted by Crippen LogP contribution is -2.32. The summed E-state index contributed by atoms with van der Waals surface area (Å²) in [6.45, 7) is -0.445. The Labute approximate surface area is 196 Å². The molecule has 8 nitrogen and oxygen atoms in total. The van der Waals surface area contributed by atoms with Gasteiger partial charge < -0.3 is 9.84 Å². The molecule has 35 heavy (non-hydrogen) atoms. The molecule has 0 aliphatic carbocycles. The number of amides is 1. The van der Waals surface area contributed by atoms with Crippen LogP contribution in [0.25, 0.3) is 33.9 Å². The summed E-state index contributed by atoms with van der Waals surface area (Å²) in [4.78, 5) is 34.1. The van der Waals surface area contributed by atoms with Gasteiger partial charge in [-0.2, -0.15) is 4.98 Å². The fraction of sp³-hybridized carbons (Fsp3) is 0.0800. The summed E-state index contributed by atoms with van der Waals surface area (Å²) >= 11 is 0. The molecule has 10 heteroatoms. The largest absolute Gasteiger partial charge is 0.350 e. The molecule has 0 atom stereocenters. The van der Waals surface area contributed by atoms with E-state index in [0.717, 1.165) is 12.1 Å². The van der Waals surface area contributed by atoms with Gasteiger partial charge in [-0.1, -0.05) is 35.5 Å². The molecular weight excluding hydrogens is 456 g/mol. The van der Waals surface area contributed by atoms with E-state index in [-0.39, 0.29) is 30.4 Å². The van der Waals surface area contributed by atoms with E-state index < -0.39 is 23.1 Å². The highest BCUT2D eigenvalue weighted by Gasteiger charge is 2.18. The van der Waals surface area contributed by atoms with Gasteiger partial charge in [0, 0.05) is 35.8 Å². The second-order valence-corrected chi connectivity index (χ2v) is 7.65. The SMILES string of the molecule is O=C(Cn1c(=O)cc(-c2nc(-c3ccccn3)no2)c2ccccc21)NCc1ccc(F)cc1F. The second kappa shape index (κ2) is 9.26. The first-order valence-electron chi connectivity index (χ1n) is 10.6. The number of hydrogen-bond donors (Lipinski definition) is 1. The molecule has 0 bridgehead atoms. The minimum Gasteiger partial charge on any atom is -0.350 e. The summed E-state index contributed by atoms with van der Waals surface area (Å²) in [5.41, 5.74) is 1.10. The summed E-state index contributed by atoms with van der Waals surface area (Å²) in [5, 5.41) is 7.14. The predicted molar refractivity (Wildman–Crippen MR) is 123 cm³/mol. The highest BCUT2D eigenvalue weighted by molar-refractivity contribution is 5.93. The van der Waals surface area contributed by atoms with E-state index in [9.17, 15) is 18.4 Å². The lowest BCUT2D eigenvalue weighted by atomic mass is 10.1. The molecule has 5 rings (SSSR count). The first-order valence-corrected chi connectivity index (χ1v) is 10.6. The number of rotatable bonds is 6. The molecule has 5 aromatic rings. The van der Waals surface area contributed by atoms with Crippen molar-refractivity contribution >= 4 is 16.8 Å². The normalized spacial score (nSPS) is 11.0. The van der Waals surface area contributed by atoms with Gasteiger partial charge in [0.25, 0.3) is 11.4 Å². The van der Waals surface area contributed by atoms with Crippen LogP contribution in [0.15, 0.2) is 82.2 Å². The molecule has 0 saturated heterocycles. The van der Waals surface area contributed by atoms with Crippen molar-refractivity contribution in [2.45, 2.75) is 13.1 Å². The van der Waals surface area contributed by atoms with E-state index in [1.807, 2.05) is 0 Å². The lowest BCUT2D eigenvalue weighted by molar-refractivity contribution is -0.121. The van der Waals surface area contributed by atoms with Crippen molar-refractivity contribution in [3.63, 3.8) is 0 Å². The minimum atomic E-state index is -0.762. The summed E-state index contributed by atoms with van der Waals surface area (Å²) in [7, 11) is 0. The van der Waals surface area contributed by atoms with Crippen LogP contribution >= 0.6 is 0 Å². The fourth-order valence-corrected chi connectivity index (χ4v) is 3.66. The topological polar surface area (TPSA) is 103 Å². The molecule has 0 aliphatic rings. The van der Waals surface area contributed by atoms with E-state index in [4.69, 9.17) is 4.52 Å². The quantitative estimate of drug-likeness (QED) is 0.403. The van der Waals surface area contributed by atoms with Gasteiger partial charge in [0.2, 0.25) is 11.7 Å². The highest BCUT2D eigenvalue weighted by atomic mass is 19.1. The van der Waals surface area contributed by atoms with Crippen LogP contribution < -0.4 is 10.9 Å². The predicted octanol–water partition coefficient (Wildman–Crippen LogP) is 3.71. The summed E-state index contributed by atoms with van der Waals surface area (Å²) in [5.74, 6) is -1.56. The maximum absolute atomic E-state index is 13.8. The third-order valence-electron chi connectivity index (χ3n) is 5.36. The average molecular weight is 473 g/mol. The Hall–Kier alpha value is -4.73. The number of carbonyl (C=O) groups excluding carboxylic acids is 1. The van der Waals surface area contributed by atoms with Gasteiger partial charge in [0.1, 0.15) is 23.9 Å². The van der Waals surface area contributed by atoms with Crippen LogP contribution in [0.1, 0.15) is 5.56 Å². The van der Waals surface area contributed by atoms with Crippen LogP contribution in [0.2, 0.25) is 0 Å². The maximum Gasteiger partial charge on any atom is 0.259 e. The molecule has 0 unspecified atom stereocenters. The van der Waals surface area contributed by atoms with Crippen molar-refractivity contribution < 1.29 is 18.1 Å². The fourth-order valence-electron chi connectivity index (χ4n) is 3.66. The van der Waals surface area contributed by atoms with Crippen molar-refractivity contribution in [2.24, 2.45) is 0 Å². The average Bonchev–Trinajstić information content (AvgIpc) is 3.36. The zero-order chi connectivity index (χ0) is 24.4. The van der Waals surface area contributed by atoms with Crippen LogP contribution in [0.5, 0.6) is 0 Å². The number of pyridine rings is 2. The highest BCUT2D eigenvalue weighted by Crippen LogP contribution is 2.27. The first-order chi connectivity index (χ1) is 17.0. The van der Waals surface area contributed by atoms with Crippen LogP contribution in [-0.2, 0) is 17.9 Å². The molecule has 3 aromatic heterocycles. The molecule has 0 aliphatic heterocycles. The zero-order valence-electron chi connectivity index (χ0n) is 18.1. The molecule has 1 amide bonds. The zero-order valence-corrected chi connectivity index (χ0v) is 18.1. The Morgan fingerprint density at radius 1 is 1.03 bits per heavy atom. The van der Waals surface area contributed by atoms with E-state index in [1.54, 1.807) is 48.7 Å². The number of hydrogen-bond acceptors (Lipinski definition) is 6. The number of nitrogens with zero attached hydrogens (tertiary/aromatic N) is 4. The summed E-state index contributed by atoms with van der Waals surface area (Å²) in [6.07, 6.45) is 1.61. The summed E-state index contributed by atoms with van der Waals surface area (Å²) < 4.78 is 33.6. The Morgan fingerprint density at radius 2 is 1.86 bits per heavy atom. The number of para-hydroxylation sites is 1. The van der Waals surface area contributed by atoms with Gasteiger partial charge in [0.05, 0.1) is 11.1 Å². The van der Waals surface area contributed by atoms with Gasteiger partial charge in [-0.3, -0.25) is 19.1 Å². The third kappa shape index (κ3) is 4.54. The number of halogens is 2. The molecule has 0 saturated carbocycles. The van der Waals surface area contributed by atoms with E-state index in [1.165, 1.54) is 16.7 Å². The van der Waals surface area contributed by atoms with Gasteiger partial charge in [-0.05, 0) is 24.3 Å². The van der Waals surface area contributed by atoms with Crippen molar-refractivity contribution in [2.75, 3.05) is 0 Å². The molecule has 3 heterocycles. The van der Waals surface area contributed by atoms with Crippen LogP contribution in [0, 0.1) is 11.6 Å². The van der Waals surface area contributed by atoms with Crippen LogP contribution in [0.4, 0.5) is 8.78 Å². The van der Waals surface area contributed by atoms with Gasteiger partial charge in [-0.15, -0.1) is 0 Å². The Balaban J connectivity index is 1.44. The van der Waals surface area contributed by atoms with Crippen molar-refractivity contribution in [1.82, 2.24) is 25.0 Å². The summed E-state index contributed by atoms with van der Waals surface area (Å²) in [6, 6.07) is 16.7. The Bertz CT molecular complexity index is 1600.